The summed E-state index contributed by atoms with van der Waals surface area (Å²) in [6.45, 7) is -0.113. The normalized spacial score (nSPS) is 20.1. The van der Waals surface area contributed by atoms with Crippen LogP contribution in [0, 0.1) is 0 Å². The molecule has 1 spiro atoms. The van der Waals surface area contributed by atoms with Crippen molar-refractivity contribution in [2.75, 3.05) is 13.1 Å². The van der Waals surface area contributed by atoms with Gasteiger partial charge in [0.1, 0.15) is 12.1 Å². The topological polar surface area (TPSA) is 108 Å². The zero-order valence-electron chi connectivity index (χ0n) is 16.3. The number of urea groups is 2. The fraction of sp³-hybridized carbons (Fsp3) is 0.333. The molecule has 6 amide bonds. The van der Waals surface area contributed by atoms with Crippen molar-refractivity contribution >= 4 is 35.2 Å². The number of fused-ring (bicyclic) bond motifs is 1. The summed E-state index contributed by atoms with van der Waals surface area (Å²) in [5.74, 6) is -1.13. The minimum Gasteiger partial charge on any atom is -0.337 e. The van der Waals surface area contributed by atoms with E-state index in [0.29, 0.717) is 32.2 Å². The van der Waals surface area contributed by atoms with Crippen molar-refractivity contribution in [1.82, 2.24) is 20.9 Å². The van der Waals surface area contributed by atoms with Crippen LogP contribution in [0.15, 0.2) is 41.8 Å². The molecule has 8 nitrogen and oxygen atoms in total. The molecule has 3 N–H and O–H groups in total. The summed E-state index contributed by atoms with van der Waals surface area (Å²) in [7, 11) is 0. The molecule has 2 aromatic rings. The van der Waals surface area contributed by atoms with Crippen LogP contribution in [0.2, 0.25) is 0 Å². The summed E-state index contributed by atoms with van der Waals surface area (Å²) >= 11 is 1.59. The molecule has 1 aliphatic carbocycles. The number of nitrogens with zero attached hydrogens (tertiary/aromatic N) is 1. The molecule has 9 heteroatoms. The van der Waals surface area contributed by atoms with Gasteiger partial charge in [0.2, 0.25) is 5.91 Å². The Hall–Kier alpha value is -3.20. The second-order valence-corrected chi connectivity index (χ2v) is 8.51. The van der Waals surface area contributed by atoms with Gasteiger partial charge in [0.05, 0.1) is 0 Å². The van der Waals surface area contributed by atoms with E-state index in [2.05, 4.69) is 16.0 Å². The van der Waals surface area contributed by atoms with Crippen LogP contribution in [-0.2, 0) is 28.9 Å². The van der Waals surface area contributed by atoms with Crippen LogP contribution in [0.25, 0.3) is 0 Å². The Balaban J connectivity index is 1.31. The standard InChI is InChI=1S/C21H22N4O4S/c26-17(23-19(28)22-10-8-16-6-3-11-30-16)13-25-18(27)21(24-20(25)29)9-7-14-4-1-2-5-15(14)12-21/h1-6,11H,7-10,12-13H2,(H,24,29)(H2,22,23,26,28). The third-order valence-electron chi connectivity index (χ3n) is 5.47. The van der Waals surface area contributed by atoms with E-state index in [4.69, 9.17) is 0 Å². The highest BCUT2D eigenvalue weighted by Crippen LogP contribution is 2.33. The molecular weight excluding hydrogens is 404 g/mol. The smallest absolute Gasteiger partial charge is 0.325 e. The fourth-order valence-corrected chi connectivity index (χ4v) is 4.66. The number of hydrogen-bond acceptors (Lipinski definition) is 5. The molecule has 30 heavy (non-hydrogen) atoms. The number of aryl methyl sites for hydroxylation is 1. The van der Waals surface area contributed by atoms with E-state index >= 15 is 0 Å². The van der Waals surface area contributed by atoms with Gasteiger partial charge in [-0.2, -0.15) is 0 Å². The number of carbonyl (C=O) groups excluding carboxylic acids is 4. The molecule has 1 aromatic heterocycles. The third-order valence-corrected chi connectivity index (χ3v) is 6.41. The summed E-state index contributed by atoms with van der Waals surface area (Å²) in [5, 5.41) is 9.50. The van der Waals surface area contributed by atoms with Gasteiger partial charge in [-0.1, -0.05) is 30.3 Å². The largest absolute Gasteiger partial charge is 0.337 e. The lowest BCUT2D eigenvalue weighted by atomic mass is 9.78. The number of amides is 6. The maximum atomic E-state index is 13.0. The van der Waals surface area contributed by atoms with Gasteiger partial charge < -0.3 is 10.6 Å². The van der Waals surface area contributed by atoms with Crippen LogP contribution in [0.5, 0.6) is 0 Å². The van der Waals surface area contributed by atoms with Gasteiger partial charge in [0.25, 0.3) is 5.91 Å². The zero-order valence-corrected chi connectivity index (χ0v) is 17.1. The quantitative estimate of drug-likeness (QED) is 0.631. The number of hydrogen-bond donors (Lipinski definition) is 3. The number of nitrogens with one attached hydrogen (secondary N) is 3. The molecule has 1 atom stereocenters. The molecule has 1 saturated heterocycles. The first-order valence-electron chi connectivity index (χ1n) is 9.78. The average molecular weight is 426 g/mol. The van der Waals surface area contributed by atoms with Gasteiger partial charge in [-0.25, -0.2) is 9.59 Å². The Morgan fingerprint density at radius 1 is 1.13 bits per heavy atom. The second kappa shape index (κ2) is 8.27. The number of benzene rings is 1. The fourth-order valence-electron chi connectivity index (χ4n) is 3.95. The first kappa shape index (κ1) is 20.1. The van der Waals surface area contributed by atoms with Crippen LogP contribution in [0.1, 0.15) is 22.4 Å². The van der Waals surface area contributed by atoms with E-state index in [1.54, 1.807) is 11.3 Å². The predicted molar refractivity (Wildman–Crippen MR) is 111 cm³/mol. The summed E-state index contributed by atoms with van der Waals surface area (Å²) in [6, 6.07) is 10.5. The predicted octanol–water partition coefficient (Wildman–Crippen LogP) is 1.60. The minimum atomic E-state index is -1.02. The first-order valence-corrected chi connectivity index (χ1v) is 10.7. The Morgan fingerprint density at radius 2 is 1.93 bits per heavy atom. The molecule has 1 aliphatic heterocycles. The van der Waals surface area contributed by atoms with Crippen molar-refractivity contribution in [3.05, 3.63) is 57.8 Å². The molecule has 1 fully saturated rings. The van der Waals surface area contributed by atoms with Crippen molar-refractivity contribution in [1.29, 1.82) is 0 Å². The van der Waals surface area contributed by atoms with Gasteiger partial charge in [-0.3, -0.25) is 19.8 Å². The summed E-state index contributed by atoms with van der Waals surface area (Å²) in [4.78, 5) is 51.5. The highest BCUT2D eigenvalue weighted by atomic mass is 32.1. The van der Waals surface area contributed by atoms with E-state index in [-0.39, 0.29) is 0 Å². The summed E-state index contributed by atoms with van der Waals surface area (Å²) in [5.41, 5.74) is 1.17. The molecule has 2 aliphatic rings. The Labute approximate surface area is 177 Å². The van der Waals surface area contributed by atoms with Crippen molar-refractivity contribution in [3.63, 3.8) is 0 Å². The summed E-state index contributed by atoms with van der Waals surface area (Å²) in [6.07, 6.45) is 2.22. The van der Waals surface area contributed by atoms with E-state index in [0.717, 1.165) is 15.3 Å². The maximum absolute atomic E-state index is 13.0. The lowest BCUT2D eigenvalue weighted by molar-refractivity contribution is -0.135. The Morgan fingerprint density at radius 3 is 2.70 bits per heavy atom. The average Bonchev–Trinajstić information content (AvgIpc) is 3.31. The molecule has 2 heterocycles. The number of imide groups is 2. The minimum absolute atomic E-state index is 0.380. The van der Waals surface area contributed by atoms with Crippen LogP contribution in [0.3, 0.4) is 0 Å². The first-order chi connectivity index (χ1) is 14.5. The van der Waals surface area contributed by atoms with E-state index in [1.807, 2.05) is 41.8 Å². The van der Waals surface area contributed by atoms with Crippen molar-refractivity contribution in [2.24, 2.45) is 0 Å². The second-order valence-electron chi connectivity index (χ2n) is 7.48. The van der Waals surface area contributed by atoms with Crippen LogP contribution >= 0.6 is 11.3 Å². The molecule has 156 valence electrons. The maximum Gasteiger partial charge on any atom is 0.325 e. The van der Waals surface area contributed by atoms with Gasteiger partial charge in [0, 0.05) is 17.8 Å². The monoisotopic (exact) mass is 426 g/mol. The zero-order chi connectivity index (χ0) is 21.1. The summed E-state index contributed by atoms with van der Waals surface area (Å²) < 4.78 is 0. The molecule has 1 unspecified atom stereocenters. The van der Waals surface area contributed by atoms with Crippen LogP contribution in [-0.4, -0.2) is 47.4 Å². The van der Waals surface area contributed by atoms with E-state index in [9.17, 15) is 19.2 Å². The van der Waals surface area contributed by atoms with Gasteiger partial charge in [-0.05, 0) is 41.8 Å². The molecular formula is C21H22N4O4S. The molecule has 1 aromatic carbocycles. The van der Waals surface area contributed by atoms with E-state index in [1.165, 1.54) is 5.56 Å². The molecule has 0 bridgehead atoms. The number of carbonyl (C=O) groups is 4. The lowest BCUT2D eigenvalue weighted by Gasteiger charge is -2.32. The van der Waals surface area contributed by atoms with Crippen LogP contribution < -0.4 is 16.0 Å². The van der Waals surface area contributed by atoms with Gasteiger partial charge in [0.15, 0.2) is 0 Å². The number of rotatable bonds is 5. The van der Waals surface area contributed by atoms with E-state index < -0.39 is 36.0 Å². The highest BCUT2D eigenvalue weighted by Gasteiger charge is 2.52. The van der Waals surface area contributed by atoms with Crippen molar-refractivity contribution in [3.8, 4) is 0 Å². The van der Waals surface area contributed by atoms with Crippen LogP contribution in [0.4, 0.5) is 9.59 Å². The SMILES string of the molecule is O=C(CN1C(=O)NC2(CCc3ccccc3C2)C1=O)NC(=O)NCCc1cccs1. The molecule has 0 radical (unpaired) electrons. The number of thiophene rings is 1. The molecule has 0 saturated carbocycles. The van der Waals surface area contributed by atoms with Gasteiger partial charge >= 0.3 is 12.1 Å². The Bertz CT molecular complexity index is 991. The lowest BCUT2D eigenvalue weighted by Crippen LogP contribution is -2.52. The third kappa shape index (κ3) is 4.06. The highest BCUT2D eigenvalue weighted by molar-refractivity contribution is 7.09. The Kier molecular flexibility index (Phi) is 5.54. The molecule has 4 rings (SSSR count). The van der Waals surface area contributed by atoms with Crippen molar-refractivity contribution < 1.29 is 19.2 Å². The van der Waals surface area contributed by atoms with Crippen molar-refractivity contribution in [2.45, 2.75) is 31.2 Å². The van der Waals surface area contributed by atoms with Gasteiger partial charge in [-0.15, -0.1) is 11.3 Å².